The molecule has 0 spiro atoms. The Kier molecular flexibility index (Phi) is 3.36. The molecular formula is C17H15NO3. The van der Waals surface area contributed by atoms with E-state index in [0.29, 0.717) is 28.8 Å². The van der Waals surface area contributed by atoms with E-state index in [1.807, 2.05) is 30.3 Å². The van der Waals surface area contributed by atoms with Gasteiger partial charge in [0.15, 0.2) is 6.20 Å². The van der Waals surface area contributed by atoms with Crippen LogP contribution < -0.4 is 9.47 Å². The minimum Gasteiger partial charge on any atom is -0.618 e. The van der Waals surface area contributed by atoms with Crippen LogP contribution in [0, 0.1) is 12.1 Å². The SMILES string of the molecule is Cc1c(O)ccc2c(OCc3ccccc3)cc[n+]([O-])c12. The number of aromatic hydroxyl groups is 1. The first kappa shape index (κ1) is 13.2. The zero-order valence-electron chi connectivity index (χ0n) is 11.6. The molecule has 0 aliphatic carbocycles. The van der Waals surface area contributed by atoms with Crippen molar-refractivity contribution in [3.8, 4) is 11.5 Å². The maximum atomic E-state index is 11.9. The predicted molar refractivity (Wildman–Crippen MR) is 80.1 cm³/mol. The molecule has 1 N–H and O–H groups in total. The van der Waals surface area contributed by atoms with Crippen LogP contribution in [0.15, 0.2) is 54.7 Å². The van der Waals surface area contributed by atoms with Crippen molar-refractivity contribution >= 4 is 10.9 Å². The van der Waals surface area contributed by atoms with Gasteiger partial charge in [0.2, 0.25) is 5.52 Å². The van der Waals surface area contributed by atoms with Crippen molar-refractivity contribution < 1.29 is 14.6 Å². The molecule has 0 unspecified atom stereocenters. The Hall–Kier alpha value is -2.75. The lowest BCUT2D eigenvalue weighted by Crippen LogP contribution is -2.27. The van der Waals surface area contributed by atoms with Gasteiger partial charge in [-0.15, -0.1) is 0 Å². The number of rotatable bonds is 3. The highest BCUT2D eigenvalue weighted by Gasteiger charge is 2.15. The highest BCUT2D eigenvalue weighted by atomic mass is 16.5. The molecule has 0 aliphatic rings. The fourth-order valence-electron chi connectivity index (χ4n) is 2.33. The Morgan fingerprint density at radius 1 is 1.10 bits per heavy atom. The van der Waals surface area contributed by atoms with Crippen molar-refractivity contribution in [3.63, 3.8) is 0 Å². The van der Waals surface area contributed by atoms with Crippen molar-refractivity contribution in [2.24, 2.45) is 0 Å². The van der Waals surface area contributed by atoms with Crippen LogP contribution in [0.2, 0.25) is 0 Å². The van der Waals surface area contributed by atoms with Gasteiger partial charge < -0.3 is 15.1 Å². The molecule has 4 heteroatoms. The topological polar surface area (TPSA) is 56.4 Å². The van der Waals surface area contributed by atoms with Crippen LogP contribution in [0.25, 0.3) is 10.9 Å². The first-order chi connectivity index (χ1) is 10.2. The second-order valence-corrected chi connectivity index (χ2v) is 4.89. The van der Waals surface area contributed by atoms with E-state index in [0.717, 1.165) is 10.3 Å². The van der Waals surface area contributed by atoms with Gasteiger partial charge in [-0.1, -0.05) is 30.3 Å². The summed E-state index contributed by atoms with van der Waals surface area (Å²) in [7, 11) is 0. The number of pyridine rings is 1. The molecule has 1 heterocycles. The number of aromatic nitrogens is 1. The van der Waals surface area contributed by atoms with Crippen molar-refractivity contribution in [1.82, 2.24) is 0 Å². The van der Waals surface area contributed by atoms with E-state index < -0.39 is 0 Å². The molecule has 0 fully saturated rings. The van der Waals surface area contributed by atoms with Crippen molar-refractivity contribution in [3.05, 3.63) is 71.1 Å². The quantitative estimate of drug-likeness (QED) is 0.593. The third-order valence-corrected chi connectivity index (χ3v) is 3.49. The summed E-state index contributed by atoms with van der Waals surface area (Å²) in [5.74, 6) is 0.733. The Morgan fingerprint density at radius 3 is 2.62 bits per heavy atom. The second-order valence-electron chi connectivity index (χ2n) is 4.89. The van der Waals surface area contributed by atoms with Crippen molar-refractivity contribution in [2.45, 2.75) is 13.5 Å². The predicted octanol–water partition coefficient (Wildman–Crippen LogP) is 3.07. The lowest BCUT2D eigenvalue weighted by atomic mass is 10.1. The number of aryl methyl sites for hydroxylation is 1. The summed E-state index contributed by atoms with van der Waals surface area (Å²) in [4.78, 5) is 0. The molecule has 0 saturated carbocycles. The van der Waals surface area contributed by atoms with Gasteiger partial charge in [-0.3, -0.25) is 0 Å². The van der Waals surface area contributed by atoms with E-state index in [4.69, 9.17) is 4.74 Å². The number of hydrogen-bond acceptors (Lipinski definition) is 3. The van der Waals surface area contributed by atoms with Crippen LogP contribution in [-0.2, 0) is 6.61 Å². The molecule has 3 aromatic rings. The van der Waals surface area contributed by atoms with Crippen LogP contribution in [0.3, 0.4) is 0 Å². The maximum absolute atomic E-state index is 11.9. The molecule has 21 heavy (non-hydrogen) atoms. The maximum Gasteiger partial charge on any atom is 0.234 e. The average molecular weight is 281 g/mol. The van der Waals surface area contributed by atoms with Crippen LogP contribution in [0.4, 0.5) is 0 Å². The van der Waals surface area contributed by atoms with E-state index in [2.05, 4.69) is 0 Å². The largest absolute Gasteiger partial charge is 0.618 e. The van der Waals surface area contributed by atoms with Crippen LogP contribution in [0.1, 0.15) is 11.1 Å². The molecule has 4 nitrogen and oxygen atoms in total. The molecule has 0 saturated heterocycles. The van der Waals surface area contributed by atoms with Gasteiger partial charge in [0.05, 0.1) is 10.9 Å². The third kappa shape index (κ3) is 2.48. The smallest absolute Gasteiger partial charge is 0.234 e. The fourth-order valence-corrected chi connectivity index (χ4v) is 2.33. The zero-order chi connectivity index (χ0) is 14.8. The van der Waals surface area contributed by atoms with Gasteiger partial charge in [-0.2, -0.15) is 4.73 Å². The molecular weight excluding hydrogens is 266 g/mol. The highest BCUT2D eigenvalue weighted by Crippen LogP contribution is 2.30. The van der Waals surface area contributed by atoms with Gasteiger partial charge in [-0.05, 0) is 24.6 Å². The first-order valence-electron chi connectivity index (χ1n) is 6.68. The third-order valence-electron chi connectivity index (χ3n) is 3.49. The number of benzene rings is 2. The first-order valence-corrected chi connectivity index (χ1v) is 6.68. The molecule has 0 radical (unpaired) electrons. The molecule has 0 bridgehead atoms. The Bertz CT molecular complexity index is 785. The monoisotopic (exact) mass is 281 g/mol. The van der Waals surface area contributed by atoms with E-state index in [1.54, 1.807) is 25.1 Å². The van der Waals surface area contributed by atoms with Gasteiger partial charge >= 0.3 is 0 Å². The van der Waals surface area contributed by atoms with Gasteiger partial charge in [0, 0.05) is 6.07 Å². The Morgan fingerprint density at radius 2 is 1.86 bits per heavy atom. The lowest BCUT2D eigenvalue weighted by molar-refractivity contribution is -0.577. The van der Waals surface area contributed by atoms with E-state index >= 15 is 0 Å². The average Bonchev–Trinajstić information content (AvgIpc) is 2.51. The van der Waals surface area contributed by atoms with Crippen LogP contribution in [0.5, 0.6) is 11.5 Å². The van der Waals surface area contributed by atoms with Gasteiger partial charge in [-0.25, -0.2) is 0 Å². The number of fused-ring (bicyclic) bond motifs is 1. The van der Waals surface area contributed by atoms with Gasteiger partial charge in [0.25, 0.3) is 0 Å². The Labute approximate surface area is 122 Å². The van der Waals surface area contributed by atoms with E-state index in [1.165, 1.54) is 6.20 Å². The summed E-state index contributed by atoms with van der Waals surface area (Å²) in [6.45, 7) is 2.14. The number of ether oxygens (including phenoxy) is 1. The van der Waals surface area contributed by atoms with Crippen molar-refractivity contribution in [1.29, 1.82) is 0 Å². The number of hydrogen-bond donors (Lipinski definition) is 1. The summed E-state index contributed by atoms with van der Waals surface area (Å²) in [6, 6.07) is 14.7. The molecule has 106 valence electrons. The summed E-state index contributed by atoms with van der Waals surface area (Å²) in [6.07, 6.45) is 1.40. The van der Waals surface area contributed by atoms with Crippen molar-refractivity contribution in [2.75, 3.05) is 0 Å². The molecule has 0 atom stereocenters. The standard InChI is InChI=1S/C17H15NO3/c1-12-15(19)8-7-14-16(9-10-18(20)17(12)14)21-11-13-5-3-2-4-6-13/h2-10,19H,11H2,1H3. The second kappa shape index (κ2) is 5.32. The Balaban J connectivity index is 2.00. The summed E-state index contributed by atoms with van der Waals surface area (Å²) < 4.78 is 6.57. The summed E-state index contributed by atoms with van der Waals surface area (Å²) in [5.41, 5.74) is 2.04. The minimum absolute atomic E-state index is 0.104. The number of phenolic OH excluding ortho intramolecular Hbond substituents is 1. The zero-order valence-corrected chi connectivity index (χ0v) is 11.6. The van der Waals surface area contributed by atoms with Gasteiger partial charge in [0.1, 0.15) is 18.1 Å². The van der Waals surface area contributed by atoms with E-state index in [-0.39, 0.29) is 5.75 Å². The number of phenols is 1. The van der Waals surface area contributed by atoms with Crippen LogP contribution in [-0.4, -0.2) is 5.11 Å². The lowest BCUT2D eigenvalue weighted by Gasteiger charge is -2.11. The highest BCUT2D eigenvalue weighted by molar-refractivity contribution is 5.86. The summed E-state index contributed by atoms with van der Waals surface area (Å²) >= 11 is 0. The van der Waals surface area contributed by atoms with Crippen LogP contribution >= 0.6 is 0 Å². The molecule has 3 rings (SSSR count). The van der Waals surface area contributed by atoms with E-state index in [9.17, 15) is 10.3 Å². The fraction of sp³-hybridized carbons (Fsp3) is 0.118. The molecule has 0 aliphatic heterocycles. The minimum atomic E-state index is 0.104. The molecule has 0 amide bonds. The summed E-state index contributed by atoms with van der Waals surface area (Å²) in [5, 5.41) is 22.4. The number of nitrogens with zero attached hydrogens (tertiary/aromatic N) is 1. The molecule has 2 aromatic carbocycles. The molecule has 1 aromatic heterocycles. The normalized spacial score (nSPS) is 10.7.